The number of rotatable bonds is 5. The Bertz CT molecular complexity index is 979. The number of hydrogen-bond donors (Lipinski definition) is 5. The van der Waals surface area contributed by atoms with Gasteiger partial charge in [-0.3, -0.25) is 0 Å². The van der Waals surface area contributed by atoms with Gasteiger partial charge in [0.1, 0.15) is 29.6 Å². The van der Waals surface area contributed by atoms with Crippen LogP contribution in [0.25, 0.3) is 11.0 Å². The molecule has 5 unspecified atom stereocenters. The number of alkyl halides is 2. The zero-order valence-corrected chi connectivity index (χ0v) is 14.6. The van der Waals surface area contributed by atoms with Crippen LogP contribution in [-0.4, -0.2) is 57.1 Å². The minimum atomic E-state index is -3.20. The molecule has 158 valence electrons. The van der Waals surface area contributed by atoms with Gasteiger partial charge in [-0.05, 0) is 17.7 Å². The summed E-state index contributed by atoms with van der Waals surface area (Å²) in [5.41, 5.74) is 3.52. The van der Waals surface area contributed by atoms with Crippen molar-refractivity contribution < 1.29 is 47.9 Å². The molecule has 5 atom stereocenters. The third kappa shape index (κ3) is 3.80. The first kappa shape index (κ1) is 21.1. The molecule has 0 amide bonds. The first-order chi connectivity index (χ1) is 13.6. The standard InChI is InChI=1S/C17H17F2NO9/c18-15(19)9-7(2-1-6-5(4-20)3-8(21)28-13(6)9)27-17-12(24)10(22)11(23)14(29-17)16(25)26/h1-3,10-12,14-15,17,22-24H,4,20H2,(H,25,26). The van der Waals surface area contributed by atoms with Crippen LogP contribution in [0.3, 0.4) is 0 Å². The fraction of sp³-hybridized carbons (Fsp3) is 0.412. The second kappa shape index (κ2) is 8.00. The van der Waals surface area contributed by atoms with Crippen molar-refractivity contribution in [1.29, 1.82) is 0 Å². The van der Waals surface area contributed by atoms with E-state index in [-0.39, 0.29) is 17.5 Å². The fourth-order valence-corrected chi connectivity index (χ4v) is 3.05. The summed E-state index contributed by atoms with van der Waals surface area (Å²) in [6.07, 6.45) is -13.0. The van der Waals surface area contributed by atoms with E-state index in [1.807, 2.05) is 0 Å². The van der Waals surface area contributed by atoms with E-state index in [1.165, 1.54) is 6.07 Å². The largest absolute Gasteiger partial charge is 0.479 e. The molecular formula is C17H17F2NO9. The summed E-state index contributed by atoms with van der Waals surface area (Å²) in [4.78, 5) is 22.8. The van der Waals surface area contributed by atoms with Crippen LogP contribution in [0.2, 0.25) is 0 Å². The molecule has 12 heteroatoms. The summed E-state index contributed by atoms with van der Waals surface area (Å²) in [5.74, 6) is -2.25. The molecule has 0 bridgehead atoms. The topological polar surface area (TPSA) is 173 Å². The average molecular weight is 417 g/mol. The molecule has 1 aliphatic heterocycles. The smallest absolute Gasteiger partial charge is 0.336 e. The molecule has 1 fully saturated rings. The number of aliphatic hydroxyl groups is 3. The molecule has 1 saturated heterocycles. The lowest BCUT2D eigenvalue weighted by atomic mass is 9.99. The van der Waals surface area contributed by atoms with Gasteiger partial charge >= 0.3 is 11.6 Å². The molecular weight excluding hydrogens is 400 g/mol. The average Bonchev–Trinajstić information content (AvgIpc) is 2.66. The SMILES string of the molecule is NCc1cc(=O)oc2c(C(F)F)c(OC3OC(C(=O)O)C(O)C(O)C3O)ccc12. The van der Waals surface area contributed by atoms with Crippen molar-refractivity contribution in [1.82, 2.24) is 0 Å². The third-order valence-electron chi connectivity index (χ3n) is 4.49. The summed E-state index contributed by atoms with van der Waals surface area (Å²) < 4.78 is 42.5. The first-order valence-electron chi connectivity index (χ1n) is 8.32. The van der Waals surface area contributed by atoms with E-state index in [2.05, 4.69) is 0 Å². The number of nitrogens with two attached hydrogens (primary N) is 1. The van der Waals surface area contributed by atoms with Crippen LogP contribution in [0.4, 0.5) is 8.78 Å². The highest BCUT2D eigenvalue weighted by Crippen LogP contribution is 2.38. The van der Waals surface area contributed by atoms with Crippen molar-refractivity contribution >= 4 is 16.9 Å². The second-order valence-corrected chi connectivity index (χ2v) is 6.30. The molecule has 1 aliphatic rings. The van der Waals surface area contributed by atoms with E-state index in [4.69, 9.17) is 24.7 Å². The highest BCUT2D eigenvalue weighted by Gasteiger charge is 2.48. The van der Waals surface area contributed by atoms with Crippen molar-refractivity contribution in [2.75, 3.05) is 0 Å². The fourth-order valence-electron chi connectivity index (χ4n) is 3.05. The van der Waals surface area contributed by atoms with Crippen LogP contribution >= 0.6 is 0 Å². The number of fused-ring (bicyclic) bond motifs is 1. The summed E-state index contributed by atoms with van der Waals surface area (Å²) in [6.45, 7) is -0.125. The monoisotopic (exact) mass is 417 g/mol. The molecule has 1 aromatic heterocycles. The predicted molar refractivity (Wildman–Crippen MR) is 90.3 cm³/mol. The maximum absolute atomic E-state index is 13.8. The number of carboxylic acids is 1. The van der Waals surface area contributed by atoms with Gasteiger partial charge in [0, 0.05) is 18.0 Å². The van der Waals surface area contributed by atoms with Gasteiger partial charge in [0.05, 0.1) is 0 Å². The maximum Gasteiger partial charge on any atom is 0.336 e. The zero-order valence-electron chi connectivity index (χ0n) is 14.6. The number of carbonyl (C=O) groups is 1. The zero-order chi connectivity index (χ0) is 21.5. The lowest BCUT2D eigenvalue weighted by molar-refractivity contribution is -0.271. The van der Waals surface area contributed by atoms with E-state index < -0.39 is 65.6 Å². The van der Waals surface area contributed by atoms with E-state index in [0.717, 1.165) is 12.1 Å². The minimum Gasteiger partial charge on any atom is -0.479 e. The Balaban J connectivity index is 2.07. The highest BCUT2D eigenvalue weighted by atomic mass is 19.3. The van der Waals surface area contributed by atoms with Crippen molar-refractivity contribution in [2.45, 2.75) is 43.7 Å². The van der Waals surface area contributed by atoms with Crippen LogP contribution in [0.5, 0.6) is 5.75 Å². The number of aliphatic carboxylic acids is 1. The van der Waals surface area contributed by atoms with Crippen LogP contribution in [0, 0.1) is 0 Å². The van der Waals surface area contributed by atoms with Crippen molar-refractivity contribution in [3.63, 3.8) is 0 Å². The minimum absolute atomic E-state index is 0.125. The second-order valence-electron chi connectivity index (χ2n) is 6.30. The Hall–Kier alpha value is -2.64. The van der Waals surface area contributed by atoms with Gasteiger partial charge in [0.25, 0.3) is 6.43 Å². The molecule has 6 N–H and O–H groups in total. The van der Waals surface area contributed by atoms with Gasteiger partial charge < -0.3 is 40.1 Å². The number of carboxylic acid groups (broad SMARTS) is 1. The molecule has 2 aromatic rings. The first-order valence-corrected chi connectivity index (χ1v) is 8.32. The Morgan fingerprint density at radius 1 is 1.21 bits per heavy atom. The van der Waals surface area contributed by atoms with Gasteiger partial charge in [0.2, 0.25) is 6.29 Å². The van der Waals surface area contributed by atoms with Crippen molar-refractivity contribution in [3.05, 3.63) is 39.7 Å². The molecule has 29 heavy (non-hydrogen) atoms. The third-order valence-corrected chi connectivity index (χ3v) is 4.49. The van der Waals surface area contributed by atoms with Crippen LogP contribution < -0.4 is 16.1 Å². The highest BCUT2D eigenvalue weighted by molar-refractivity contribution is 5.85. The number of aliphatic hydroxyl groups excluding tert-OH is 3. The van der Waals surface area contributed by atoms with Gasteiger partial charge in [-0.2, -0.15) is 0 Å². The number of hydrogen-bond acceptors (Lipinski definition) is 9. The summed E-state index contributed by atoms with van der Waals surface area (Å²) in [6, 6.07) is 3.42. The van der Waals surface area contributed by atoms with E-state index in [9.17, 15) is 33.7 Å². The molecule has 2 heterocycles. The van der Waals surface area contributed by atoms with Gasteiger partial charge in [-0.1, -0.05) is 0 Å². The summed E-state index contributed by atoms with van der Waals surface area (Å²) >= 11 is 0. The van der Waals surface area contributed by atoms with E-state index in [0.29, 0.717) is 0 Å². The van der Waals surface area contributed by atoms with Crippen molar-refractivity contribution in [2.24, 2.45) is 5.73 Å². The van der Waals surface area contributed by atoms with Gasteiger partial charge in [-0.25, -0.2) is 18.4 Å². The lowest BCUT2D eigenvalue weighted by Crippen LogP contribution is -2.61. The number of benzene rings is 1. The Labute approximate surface area is 160 Å². The normalized spacial score (nSPS) is 27.3. The Morgan fingerprint density at radius 2 is 1.90 bits per heavy atom. The van der Waals surface area contributed by atoms with E-state index in [1.54, 1.807) is 0 Å². The molecule has 10 nitrogen and oxygen atoms in total. The maximum atomic E-state index is 13.8. The van der Waals surface area contributed by atoms with E-state index >= 15 is 0 Å². The summed E-state index contributed by atoms with van der Waals surface area (Å²) in [7, 11) is 0. The molecule has 3 rings (SSSR count). The molecule has 1 aromatic carbocycles. The molecule has 0 saturated carbocycles. The predicted octanol–water partition coefficient (Wildman–Crippen LogP) is -0.540. The Morgan fingerprint density at radius 3 is 2.48 bits per heavy atom. The Kier molecular flexibility index (Phi) is 5.82. The van der Waals surface area contributed by atoms with Crippen LogP contribution in [0.15, 0.2) is 27.4 Å². The number of ether oxygens (including phenoxy) is 2. The lowest BCUT2D eigenvalue weighted by Gasteiger charge is -2.38. The van der Waals surface area contributed by atoms with Crippen molar-refractivity contribution in [3.8, 4) is 5.75 Å². The molecule has 0 spiro atoms. The molecule has 0 radical (unpaired) electrons. The quantitative estimate of drug-likeness (QED) is 0.398. The van der Waals surface area contributed by atoms with Gasteiger partial charge in [-0.15, -0.1) is 0 Å². The summed E-state index contributed by atoms with van der Waals surface area (Å²) in [5, 5.41) is 38.7. The van der Waals surface area contributed by atoms with Gasteiger partial charge in [0.15, 0.2) is 11.7 Å². The number of halogens is 2. The van der Waals surface area contributed by atoms with Crippen LogP contribution in [0.1, 0.15) is 17.6 Å². The molecule has 0 aliphatic carbocycles. The van der Waals surface area contributed by atoms with Crippen LogP contribution in [-0.2, 0) is 16.1 Å².